The zero-order chi connectivity index (χ0) is 19.4. The van der Waals surface area contributed by atoms with E-state index in [4.69, 9.17) is 5.21 Å². The molecular weight excluding hydrogens is 370 g/mol. The number of piperazine rings is 1. The van der Waals surface area contributed by atoms with Gasteiger partial charge in [-0.05, 0) is 23.8 Å². The summed E-state index contributed by atoms with van der Waals surface area (Å²) < 4.78 is 28.2. The van der Waals surface area contributed by atoms with E-state index in [1.165, 1.54) is 21.1 Å². The van der Waals surface area contributed by atoms with Gasteiger partial charge in [-0.3, -0.25) is 14.7 Å². The normalized spacial score (nSPS) is 16.0. The minimum Gasteiger partial charge on any atom is -0.368 e. The highest BCUT2D eigenvalue weighted by Crippen LogP contribution is 2.24. The second-order valence-electron chi connectivity index (χ2n) is 6.09. The molecule has 0 bridgehead atoms. The Bertz CT molecular complexity index is 946. The molecule has 1 aliphatic rings. The van der Waals surface area contributed by atoms with Gasteiger partial charge in [0.2, 0.25) is 0 Å². The quantitative estimate of drug-likeness (QED) is 0.435. The molecule has 1 aromatic carbocycles. The minimum absolute atomic E-state index is 0.0526. The number of aromatic nitrogens is 2. The monoisotopic (exact) mass is 391 g/mol. The summed E-state index contributed by atoms with van der Waals surface area (Å²) >= 11 is 0. The summed E-state index contributed by atoms with van der Waals surface area (Å²) in [6.07, 6.45) is 4.45. The fourth-order valence-electron chi connectivity index (χ4n) is 2.95. The molecule has 2 N–H and O–H groups in total. The van der Waals surface area contributed by atoms with Crippen molar-refractivity contribution in [3.63, 3.8) is 0 Å². The zero-order valence-electron chi connectivity index (χ0n) is 14.8. The number of nitrogens with zero attached hydrogens (tertiary/aromatic N) is 4. The second kappa shape index (κ2) is 7.91. The molecule has 3 rings (SSSR count). The zero-order valence-corrected chi connectivity index (χ0v) is 15.6. The summed E-state index contributed by atoms with van der Waals surface area (Å²) in [4.78, 5) is 13.3. The number of rotatable bonds is 5. The molecule has 2 aromatic rings. The molecule has 0 spiro atoms. The smallest absolute Gasteiger partial charge is 0.267 e. The largest absolute Gasteiger partial charge is 0.368 e. The van der Waals surface area contributed by atoms with Gasteiger partial charge in [0.15, 0.2) is 5.03 Å². The lowest BCUT2D eigenvalue weighted by atomic mass is 10.1. The molecule has 1 fully saturated rings. The van der Waals surface area contributed by atoms with Crippen LogP contribution in [0.4, 0.5) is 5.69 Å². The molecule has 0 unspecified atom stereocenters. The predicted molar refractivity (Wildman–Crippen MR) is 99.6 cm³/mol. The van der Waals surface area contributed by atoms with Gasteiger partial charge in [0.05, 0.1) is 0 Å². The third kappa shape index (κ3) is 4.18. The number of benzene rings is 1. The van der Waals surface area contributed by atoms with Crippen molar-refractivity contribution in [2.24, 2.45) is 7.05 Å². The molecule has 0 atom stereocenters. The molecule has 9 nitrogen and oxygen atoms in total. The maximum atomic E-state index is 12.7. The first kappa shape index (κ1) is 19.1. The van der Waals surface area contributed by atoms with E-state index in [2.05, 4.69) is 10.00 Å². The molecule has 144 valence electrons. The Morgan fingerprint density at radius 3 is 2.52 bits per heavy atom. The van der Waals surface area contributed by atoms with Crippen molar-refractivity contribution in [3.8, 4) is 0 Å². The van der Waals surface area contributed by atoms with Crippen LogP contribution in [0.5, 0.6) is 0 Å². The third-order valence-electron chi connectivity index (χ3n) is 4.33. The molecule has 1 aromatic heterocycles. The maximum Gasteiger partial charge on any atom is 0.267 e. The molecule has 10 heteroatoms. The van der Waals surface area contributed by atoms with Crippen LogP contribution in [0.2, 0.25) is 0 Å². The summed E-state index contributed by atoms with van der Waals surface area (Å²) in [5.41, 5.74) is 3.26. The molecule has 0 radical (unpaired) electrons. The van der Waals surface area contributed by atoms with Crippen molar-refractivity contribution in [1.29, 1.82) is 0 Å². The number of nitrogens with one attached hydrogen (secondary N) is 1. The Hall–Kier alpha value is -2.69. The summed E-state index contributed by atoms with van der Waals surface area (Å²) in [5.74, 6) is -0.615. The molecule has 2 heterocycles. The first-order chi connectivity index (χ1) is 12.9. The molecule has 0 aliphatic carbocycles. The topological polar surface area (TPSA) is 108 Å². The van der Waals surface area contributed by atoms with Crippen LogP contribution in [0.25, 0.3) is 6.08 Å². The van der Waals surface area contributed by atoms with E-state index in [9.17, 15) is 13.2 Å². The van der Waals surface area contributed by atoms with E-state index < -0.39 is 15.9 Å². The number of hydrogen-bond donors (Lipinski definition) is 2. The molecule has 1 amide bonds. The van der Waals surface area contributed by atoms with Crippen LogP contribution >= 0.6 is 0 Å². The van der Waals surface area contributed by atoms with Gasteiger partial charge in [-0.15, -0.1) is 0 Å². The van der Waals surface area contributed by atoms with Crippen LogP contribution in [0.1, 0.15) is 5.56 Å². The highest BCUT2D eigenvalue weighted by atomic mass is 32.2. The van der Waals surface area contributed by atoms with Crippen LogP contribution in [-0.2, 0) is 21.9 Å². The SMILES string of the molecule is Cn1ccc(S(=O)(=O)N2CCN(c3ccccc3C=CC(=O)NO)CC2)n1. The van der Waals surface area contributed by atoms with Crippen LogP contribution in [0.15, 0.2) is 47.6 Å². The number of carbonyl (C=O) groups excluding carboxylic acids is 1. The Morgan fingerprint density at radius 2 is 1.89 bits per heavy atom. The van der Waals surface area contributed by atoms with Crippen LogP contribution < -0.4 is 10.4 Å². The van der Waals surface area contributed by atoms with Crippen molar-refractivity contribution in [2.75, 3.05) is 31.1 Å². The van der Waals surface area contributed by atoms with Gasteiger partial charge in [0.25, 0.3) is 15.9 Å². The number of anilines is 1. The molecule has 1 aliphatic heterocycles. The highest BCUT2D eigenvalue weighted by Gasteiger charge is 2.30. The van der Waals surface area contributed by atoms with Crippen molar-refractivity contribution in [3.05, 3.63) is 48.2 Å². The van der Waals surface area contributed by atoms with Gasteiger partial charge >= 0.3 is 0 Å². The number of aryl methyl sites for hydroxylation is 1. The van der Waals surface area contributed by atoms with E-state index in [0.717, 1.165) is 11.3 Å². The average Bonchev–Trinajstić information content (AvgIpc) is 3.13. The Labute approximate surface area is 157 Å². The summed E-state index contributed by atoms with van der Waals surface area (Å²) in [7, 11) is -1.92. The number of sulfonamides is 1. The van der Waals surface area contributed by atoms with Crippen molar-refractivity contribution in [2.45, 2.75) is 5.03 Å². The Morgan fingerprint density at radius 1 is 1.19 bits per heavy atom. The standard InChI is InChI=1S/C17H21N5O4S/c1-20-9-8-17(18-20)27(25,26)22-12-10-21(11-13-22)15-5-3-2-4-14(15)6-7-16(23)19-24/h2-9,24H,10-13H2,1H3,(H,19,23). The predicted octanol–water partition coefficient (Wildman–Crippen LogP) is 0.450. The first-order valence-corrected chi connectivity index (χ1v) is 9.82. The first-order valence-electron chi connectivity index (χ1n) is 8.38. The fraction of sp³-hybridized carbons (Fsp3) is 0.294. The third-order valence-corrected chi connectivity index (χ3v) is 6.13. The Balaban J connectivity index is 1.73. The van der Waals surface area contributed by atoms with Gasteiger partial charge in [-0.2, -0.15) is 9.40 Å². The van der Waals surface area contributed by atoms with E-state index >= 15 is 0 Å². The number of amides is 1. The number of carbonyl (C=O) groups is 1. The number of para-hydroxylation sites is 1. The van der Waals surface area contributed by atoms with E-state index in [1.54, 1.807) is 24.8 Å². The van der Waals surface area contributed by atoms with Gasteiger partial charge in [0.1, 0.15) is 0 Å². The van der Waals surface area contributed by atoms with E-state index in [-0.39, 0.29) is 5.03 Å². The molecule has 27 heavy (non-hydrogen) atoms. The van der Waals surface area contributed by atoms with Gasteiger partial charge in [-0.1, -0.05) is 18.2 Å². The summed E-state index contributed by atoms with van der Waals surface area (Å²) in [6.45, 7) is 1.72. The number of hydroxylamine groups is 1. The second-order valence-corrected chi connectivity index (χ2v) is 7.97. The summed E-state index contributed by atoms with van der Waals surface area (Å²) in [5, 5.41) is 12.7. The van der Waals surface area contributed by atoms with Crippen LogP contribution in [-0.4, -0.2) is 59.8 Å². The van der Waals surface area contributed by atoms with Gasteiger partial charge in [0, 0.05) is 51.2 Å². The molecule has 1 saturated heterocycles. The summed E-state index contributed by atoms with van der Waals surface area (Å²) in [6, 6.07) is 9.00. The number of hydrogen-bond acceptors (Lipinski definition) is 6. The van der Waals surface area contributed by atoms with Crippen molar-refractivity contribution in [1.82, 2.24) is 19.6 Å². The fourth-order valence-corrected chi connectivity index (χ4v) is 4.33. The van der Waals surface area contributed by atoms with Crippen LogP contribution in [0.3, 0.4) is 0 Å². The van der Waals surface area contributed by atoms with E-state index in [0.29, 0.717) is 26.2 Å². The van der Waals surface area contributed by atoms with Crippen molar-refractivity contribution >= 4 is 27.7 Å². The lowest BCUT2D eigenvalue weighted by Gasteiger charge is -2.35. The van der Waals surface area contributed by atoms with Gasteiger partial charge in [-0.25, -0.2) is 13.9 Å². The van der Waals surface area contributed by atoms with Gasteiger partial charge < -0.3 is 4.90 Å². The maximum absolute atomic E-state index is 12.7. The highest BCUT2D eigenvalue weighted by molar-refractivity contribution is 7.89. The average molecular weight is 391 g/mol. The molecular formula is C17H21N5O4S. The van der Waals surface area contributed by atoms with E-state index in [1.807, 2.05) is 24.3 Å². The van der Waals surface area contributed by atoms with Crippen molar-refractivity contribution < 1.29 is 18.4 Å². The lowest BCUT2D eigenvalue weighted by molar-refractivity contribution is -0.124. The van der Waals surface area contributed by atoms with Crippen LogP contribution in [0, 0.1) is 0 Å². The minimum atomic E-state index is -3.60. The molecule has 0 saturated carbocycles. The Kier molecular flexibility index (Phi) is 5.59. The lowest BCUT2D eigenvalue weighted by Crippen LogP contribution is -2.49.